The first-order chi connectivity index (χ1) is 15.7. The second-order valence-corrected chi connectivity index (χ2v) is 6.60. The first kappa shape index (κ1) is 30.8. The summed E-state index contributed by atoms with van der Waals surface area (Å²) < 4.78 is 10.0. The van der Waals surface area contributed by atoms with Gasteiger partial charge in [-0.2, -0.15) is 5.16 Å². The van der Waals surface area contributed by atoms with Crippen molar-refractivity contribution in [1.29, 1.82) is 0 Å². The van der Waals surface area contributed by atoms with Gasteiger partial charge in [0.05, 0.1) is 26.4 Å². The molecule has 2 aromatic carbocycles. The topological polar surface area (TPSA) is 105 Å². The van der Waals surface area contributed by atoms with Crippen molar-refractivity contribution in [3.63, 3.8) is 0 Å². The van der Waals surface area contributed by atoms with Crippen molar-refractivity contribution in [2.24, 2.45) is 0 Å². The number of allylic oxidation sites excluding steroid dienone is 1. The van der Waals surface area contributed by atoms with Crippen LogP contribution in [-0.2, 0) is 26.5 Å². The number of isothiocyanates is 1. The Labute approximate surface area is 211 Å². The van der Waals surface area contributed by atoms with Gasteiger partial charge in [0.15, 0.2) is 5.78 Å². The monoisotopic (exact) mass is 518 g/mol. The number of thiocarbonyl (C=S) groups is 1. The van der Waals surface area contributed by atoms with Crippen molar-refractivity contribution >= 4 is 28.9 Å². The summed E-state index contributed by atoms with van der Waals surface area (Å²) in [5.41, 5.74) is 1.05. The second-order valence-electron chi connectivity index (χ2n) is 6.42. The summed E-state index contributed by atoms with van der Waals surface area (Å²) in [6, 6.07) is 17.5. The quantitative estimate of drug-likeness (QED) is 0.160. The van der Waals surface area contributed by atoms with Crippen LogP contribution in [0.25, 0.3) is 11.2 Å². The molecule has 2 heterocycles. The molecule has 33 heavy (non-hydrogen) atoms. The zero-order valence-corrected chi connectivity index (χ0v) is 20.1. The maximum absolute atomic E-state index is 11.8. The van der Waals surface area contributed by atoms with Crippen molar-refractivity contribution in [2.45, 2.75) is 0 Å². The molecular weight excluding hydrogens is 490 g/mol. The number of hydrogen-bond acceptors (Lipinski definition) is 7. The zero-order chi connectivity index (χ0) is 23.3. The number of hydrogen-bond donors (Lipinski definition) is 2. The van der Waals surface area contributed by atoms with Crippen LogP contribution < -0.4 is 15.7 Å². The molecule has 7 nitrogen and oxygen atoms in total. The average molecular weight is 519 g/mol. The molecule has 0 saturated carbocycles. The summed E-state index contributed by atoms with van der Waals surface area (Å²) in [4.78, 5) is 11.8. The first-order valence-corrected chi connectivity index (χ1v) is 10.7. The van der Waals surface area contributed by atoms with Crippen LogP contribution in [0.3, 0.4) is 0 Å². The molecule has 2 saturated heterocycles. The Bertz CT molecular complexity index is 774. The molecule has 1 radical (unpaired) electrons. The Balaban J connectivity index is 0.000000524. The van der Waals surface area contributed by atoms with Crippen LogP contribution in [0, 0.1) is 0 Å². The van der Waals surface area contributed by atoms with Gasteiger partial charge >= 0.3 is 17.1 Å². The first-order valence-electron chi connectivity index (χ1n) is 10.3. The summed E-state index contributed by atoms with van der Waals surface area (Å²) >= 11 is 3.70. The predicted molar refractivity (Wildman–Crippen MR) is 129 cm³/mol. The molecular formula is C24H29CuN3O4S. The molecule has 2 N–H and O–H groups in total. The van der Waals surface area contributed by atoms with Gasteiger partial charge < -0.3 is 30.6 Å². The molecule has 0 spiro atoms. The Morgan fingerprint density at radius 1 is 0.848 bits per heavy atom. The van der Waals surface area contributed by atoms with Crippen LogP contribution in [0.15, 0.2) is 66.7 Å². The fourth-order valence-corrected chi connectivity index (χ4v) is 2.52. The standard InChI is InChI=1S/C15H12O2.2C4H9NO.CNS.Cu/c16-14(12-7-3-1-4-8-12)11-15(17)13-9-5-2-6-10-13;2*1-3-6-4-2-5-1;2-1-3;/h1-11,16H;2*5H,1-4H2;;/q;;;-1;+2/p-1/b14-11-;;;;. The normalized spacial score (nSPS) is 14.7. The van der Waals surface area contributed by atoms with E-state index in [1.807, 2.05) is 12.1 Å². The number of morpholine rings is 2. The average Bonchev–Trinajstić information content (AvgIpc) is 2.88. The van der Waals surface area contributed by atoms with E-state index < -0.39 is 0 Å². The van der Waals surface area contributed by atoms with Crippen molar-refractivity contribution < 1.29 is 36.4 Å². The minimum absolute atomic E-state index is 0. The summed E-state index contributed by atoms with van der Waals surface area (Å²) in [5.74, 6) is -0.529. The van der Waals surface area contributed by atoms with E-state index in [0.717, 1.165) is 58.7 Å². The van der Waals surface area contributed by atoms with Crippen molar-refractivity contribution in [3.05, 3.63) is 83.3 Å². The molecule has 0 amide bonds. The van der Waals surface area contributed by atoms with E-state index >= 15 is 0 Å². The van der Waals surface area contributed by atoms with E-state index in [0.29, 0.717) is 11.1 Å². The van der Waals surface area contributed by atoms with Crippen LogP contribution in [0.5, 0.6) is 0 Å². The van der Waals surface area contributed by atoms with E-state index in [4.69, 9.17) is 14.9 Å². The molecule has 0 bridgehead atoms. The number of ether oxygens (including phenoxy) is 2. The number of nitrogens with zero attached hydrogens (tertiary/aromatic N) is 1. The van der Waals surface area contributed by atoms with E-state index in [1.165, 1.54) is 5.16 Å². The molecule has 4 rings (SSSR count). The summed E-state index contributed by atoms with van der Waals surface area (Å²) in [7, 11) is 0. The number of carbonyl (C=O) groups is 1. The number of benzene rings is 2. The Morgan fingerprint density at radius 2 is 1.21 bits per heavy atom. The van der Waals surface area contributed by atoms with Crippen molar-refractivity contribution in [3.8, 4) is 0 Å². The largest absolute Gasteiger partial charge is 2.00 e. The molecule has 2 fully saturated rings. The van der Waals surface area contributed by atoms with E-state index in [9.17, 15) is 9.90 Å². The molecule has 0 aliphatic carbocycles. The van der Waals surface area contributed by atoms with Crippen molar-refractivity contribution in [1.82, 2.24) is 10.6 Å². The van der Waals surface area contributed by atoms with E-state index in [2.05, 4.69) is 22.9 Å². The number of rotatable bonds is 3. The van der Waals surface area contributed by atoms with Gasteiger partial charge in [-0.3, -0.25) is 4.79 Å². The number of carbonyl (C=O) groups excluding carboxylic acids is 1. The SMILES string of the molecule is C1COCCN1.C1COCCN1.O=C(/C=C(\[O-])c1ccccc1)c1ccccc1.[Cu+2].[N-]=C=S. The maximum Gasteiger partial charge on any atom is 2.00 e. The Kier molecular flexibility index (Phi) is 20.2. The van der Waals surface area contributed by atoms with Gasteiger partial charge in [0.2, 0.25) is 0 Å². The Hall–Kier alpha value is -2.19. The van der Waals surface area contributed by atoms with Gasteiger partial charge in [-0.25, -0.2) is 0 Å². The Morgan fingerprint density at radius 3 is 1.52 bits per heavy atom. The van der Waals surface area contributed by atoms with Crippen LogP contribution in [0.1, 0.15) is 15.9 Å². The fourth-order valence-electron chi connectivity index (χ4n) is 2.52. The van der Waals surface area contributed by atoms with E-state index in [-0.39, 0.29) is 28.6 Å². The third kappa shape index (κ3) is 16.1. The molecule has 181 valence electrons. The molecule has 0 atom stereocenters. The van der Waals surface area contributed by atoms with Crippen LogP contribution in [-0.4, -0.2) is 63.6 Å². The molecule has 9 heteroatoms. The van der Waals surface area contributed by atoms with Gasteiger partial charge in [0.25, 0.3) is 0 Å². The van der Waals surface area contributed by atoms with Gasteiger partial charge in [-0.15, -0.1) is 0 Å². The van der Waals surface area contributed by atoms with Crippen LogP contribution >= 0.6 is 12.2 Å². The minimum Gasteiger partial charge on any atom is -0.872 e. The third-order valence-electron chi connectivity index (χ3n) is 4.07. The molecule has 2 aliphatic rings. The zero-order valence-electron chi connectivity index (χ0n) is 18.3. The third-order valence-corrected chi connectivity index (χ3v) is 4.07. The van der Waals surface area contributed by atoms with Crippen molar-refractivity contribution in [2.75, 3.05) is 52.6 Å². The van der Waals surface area contributed by atoms with Crippen LogP contribution in [0.4, 0.5) is 0 Å². The van der Waals surface area contributed by atoms with Gasteiger partial charge in [-0.05, 0) is 11.6 Å². The van der Waals surface area contributed by atoms with Crippen LogP contribution in [0.2, 0.25) is 0 Å². The molecule has 0 unspecified atom stereocenters. The summed E-state index contributed by atoms with van der Waals surface area (Å²) in [6.45, 7) is 7.67. The van der Waals surface area contributed by atoms with Gasteiger partial charge in [-0.1, -0.05) is 78.6 Å². The smallest absolute Gasteiger partial charge is 0.872 e. The second kappa shape index (κ2) is 21.6. The molecule has 2 aliphatic heterocycles. The summed E-state index contributed by atoms with van der Waals surface area (Å²) in [5, 5.41) is 26.5. The molecule has 0 aromatic heterocycles. The molecule has 2 aromatic rings. The summed E-state index contributed by atoms with van der Waals surface area (Å²) in [6.07, 6.45) is 1.13. The predicted octanol–water partition coefficient (Wildman–Crippen LogP) is 2.14. The van der Waals surface area contributed by atoms with Gasteiger partial charge in [0.1, 0.15) is 0 Å². The number of ketones is 1. The van der Waals surface area contributed by atoms with Gasteiger partial charge in [0, 0.05) is 31.7 Å². The van der Waals surface area contributed by atoms with E-state index in [1.54, 1.807) is 48.5 Å². The minimum atomic E-state index is -0.264. The maximum atomic E-state index is 11.8. The fraction of sp³-hybridized carbons (Fsp3) is 0.333. The number of nitrogens with one attached hydrogen (secondary N) is 2.